The number of carbonyl (C=O) groups is 1. The van der Waals surface area contributed by atoms with E-state index in [9.17, 15) is 15.0 Å². The van der Waals surface area contributed by atoms with Gasteiger partial charge < -0.3 is 15.5 Å². The lowest BCUT2D eigenvalue weighted by atomic mass is 9.81. The molecule has 0 aromatic carbocycles. The lowest BCUT2D eigenvalue weighted by Crippen LogP contribution is -2.45. The molecule has 122 valence electrons. The van der Waals surface area contributed by atoms with Gasteiger partial charge in [0.05, 0.1) is 12.0 Å². The van der Waals surface area contributed by atoms with Crippen LogP contribution in [0, 0.1) is 5.92 Å². The Morgan fingerprint density at radius 3 is 2.33 bits per heavy atom. The highest BCUT2D eigenvalue weighted by atomic mass is 16.3. The van der Waals surface area contributed by atoms with Crippen LogP contribution in [0.15, 0.2) is 0 Å². The van der Waals surface area contributed by atoms with E-state index in [1.165, 1.54) is 25.7 Å². The average molecular weight is 297 g/mol. The quantitative estimate of drug-likeness (QED) is 0.705. The zero-order valence-electron chi connectivity index (χ0n) is 13.1. The lowest BCUT2D eigenvalue weighted by molar-refractivity contribution is -0.128. The molecule has 3 N–H and O–H groups in total. The van der Waals surface area contributed by atoms with Crippen molar-refractivity contribution in [1.29, 1.82) is 0 Å². The summed E-state index contributed by atoms with van der Waals surface area (Å²) in [7, 11) is 0. The average Bonchev–Trinajstić information content (AvgIpc) is 2.48. The number of amides is 1. The molecule has 2 fully saturated rings. The normalized spacial score (nSPS) is 24.5. The topological polar surface area (TPSA) is 69.6 Å². The molecule has 2 aliphatic carbocycles. The summed E-state index contributed by atoms with van der Waals surface area (Å²) in [6, 6.07) is 0.0787. The molecule has 2 aliphatic rings. The first-order chi connectivity index (χ1) is 10.1. The Balaban J connectivity index is 1.85. The Morgan fingerprint density at radius 2 is 1.71 bits per heavy atom. The first kappa shape index (κ1) is 16.8. The van der Waals surface area contributed by atoms with Gasteiger partial charge in [-0.2, -0.15) is 0 Å². The van der Waals surface area contributed by atoms with E-state index in [4.69, 9.17) is 0 Å². The largest absolute Gasteiger partial charge is 0.396 e. The molecule has 0 bridgehead atoms. The van der Waals surface area contributed by atoms with Gasteiger partial charge in [-0.1, -0.05) is 38.5 Å². The summed E-state index contributed by atoms with van der Waals surface area (Å²) in [6.45, 7) is 0.117. The minimum atomic E-state index is -0.793. The van der Waals surface area contributed by atoms with Gasteiger partial charge in [-0.05, 0) is 38.0 Å². The second-order valence-electron chi connectivity index (χ2n) is 7.05. The molecular formula is C17H31NO3. The fraction of sp³-hybridized carbons (Fsp3) is 0.941. The fourth-order valence-corrected chi connectivity index (χ4v) is 4.04. The van der Waals surface area contributed by atoms with Crippen molar-refractivity contribution in [3.05, 3.63) is 0 Å². The van der Waals surface area contributed by atoms with E-state index in [1.54, 1.807) is 0 Å². The molecular weight excluding hydrogens is 266 g/mol. The third-order valence-corrected chi connectivity index (χ3v) is 5.28. The molecule has 4 heteroatoms. The Bertz CT molecular complexity index is 320. The number of hydrogen-bond donors (Lipinski definition) is 3. The van der Waals surface area contributed by atoms with Crippen LogP contribution in [0.2, 0.25) is 0 Å². The van der Waals surface area contributed by atoms with Crippen molar-refractivity contribution in [3.63, 3.8) is 0 Å². The highest BCUT2D eigenvalue weighted by molar-refractivity contribution is 5.77. The van der Waals surface area contributed by atoms with Gasteiger partial charge in [-0.15, -0.1) is 0 Å². The Morgan fingerprint density at radius 1 is 1.10 bits per heavy atom. The van der Waals surface area contributed by atoms with E-state index < -0.39 is 5.60 Å². The van der Waals surface area contributed by atoms with Gasteiger partial charge in [0.15, 0.2) is 0 Å². The highest BCUT2D eigenvalue weighted by Gasteiger charge is 2.33. The van der Waals surface area contributed by atoms with Crippen molar-refractivity contribution in [2.75, 3.05) is 6.61 Å². The van der Waals surface area contributed by atoms with Gasteiger partial charge in [-0.3, -0.25) is 4.79 Å². The molecule has 21 heavy (non-hydrogen) atoms. The third-order valence-electron chi connectivity index (χ3n) is 5.28. The third kappa shape index (κ3) is 5.26. The van der Waals surface area contributed by atoms with Crippen molar-refractivity contribution < 1.29 is 15.0 Å². The van der Waals surface area contributed by atoms with Gasteiger partial charge in [0, 0.05) is 12.6 Å². The number of hydrogen-bond acceptors (Lipinski definition) is 3. The van der Waals surface area contributed by atoms with Crippen LogP contribution in [0.25, 0.3) is 0 Å². The van der Waals surface area contributed by atoms with E-state index in [1.807, 2.05) is 0 Å². The zero-order valence-corrected chi connectivity index (χ0v) is 13.1. The first-order valence-electron chi connectivity index (χ1n) is 8.75. The van der Waals surface area contributed by atoms with Crippen molar-refractivity contribution in [2.24, 2.45) is 5.92 Å². The lowest BCUT2D eigenvalue weighted by Gasteiger charge is -2.34. The predicted molar refractivity (Wildman–Crippen MR) is 82.9 cm³/mol. The van der Waals surface area contributed by atoms with Crippen LogP contribution in [-0.2, 0) is 4.79 Å². The Labute approximate surface area is 128 Å². The molecule has 0 heterocycles. The summed E-state index contributed by atoms with van der Waals surface area (Å²) in [4.78, 5) is 12.3. The molecule has 1 amide bonds. The van der Waals surface area contributed by atoms with Crippen LogP contribution < -0.4 is 5.32 Å². The first-order valence-corrected chi connectivity index (χ1v) is 8.75. The maximum atomic E-state index is 12.3. The molecule has 2 saturated carbocycles. The van der Waals surface area contributed by atoms with Crippen LogP contribution in [0.3, 0.4) is 0 Å². The van der Waals surface area contributed by atoms with E-state index in [0.717, 1.165) is 38.5 Å². The molecule has 0 spiro atoms. The zero-order chi connectivity index (χ0) is 15.1. The van der Waals surface area contributed by atoms with Crippen LogP contribution >= 0.6 is 0 Å². The standard InChI is InChI=1S/C17H31NO3/c19-12-9-15(14-7-3-1-4-8-14)18-16(20)13-17(21)10-5-2-6-11-17/h14-15,19,21H,1-13H2,(H,18,20). The van der Waals surface area contributed by atoms with Gasteiger partial charge in [-0.25, -0.2) is 0 Å². The summed E-state index contributed by atoms with van der Waals surface area (Å²) in [5.74, 6) is 0.458. The highest BCUT2D eigenvalue weighted by Crippen LogP contribution is 2.31. The van der Waals surface area contributed by atoms with E-state index in [0.29, 0.717) is 12.3 Å². The summed E-state index contributed by atoms with van der Waals surface area (Å²) in [5.41, 5.74) is -0.793. The van der Waals surface area contributed by atoms with E-state index in [2.05, 4.69) is 5.32 Å². The maximum Gasteiger partial charge on any atom is 0.223 e. The monoisotopic (exact) mass is 297 g/mol. The van der Waals surface area contributed by atoms with Gasteiger partial charge in [0.2, 0.25) is 5.91 Å². The summed E-state index contributed by atoms with van der Waals surface area (Å²) >= 11 is 0. The second kappa shape index (κ2) is 8.14. The van der Waals surface area contributed by atoms with Crippen LogP contribution in [0.5, 0.6) is 0 Å². The number of aliphatic hydroxyl groups is 2. The minimum absolute atomic E-state index is 0.0385. The van der Waals surface area contributed by atoms with E-state index in [-0.39, 0.29) is 25.0 Å². The molecule has 0 radical (unpaired) electrons. The van der Waals surface area contributed by atoms with E-state index >= 15 is 0 Å². The smallest absolute Gasteiger partial charge is 0.223 e. The van der Waals surface area contributed by atoms with Crippen LogP contribution in [-0.4, -0.2) is 34.4 Å². The number of nitrogens with one attached hydrogen (secondary N) is 1. The SMILES string of the molecule is O=C(CC1(O)CCCCC1)NC(CCO)C1CCCCC1. The number of carbonyl (C=O) groups excluding carboxylic acids is 1. The molecule has 1 atom stereocenters. The van der Waals surface area contributed by atoms with Gasteiger partial charge in [0.25, 0.3) is 0 Å². The summed E-state index contributed by atoms with van der Waals surface area (Å²) in [5, 5.41) is 22.8. The molecule has 0 saturated heterocycles. The second-order valence-corrected chi connectivity index (χ2v) is 7.05. The Kier molecular flexibility index (Phi) is 6.49. The molecule has 0 aliphatic heterocycles. The van der Waals surface area contributed by atoms with Crippen molar-refractivity contribution in [3.8, 4) is 0 Å². The minimum Gasteiger partial charge on any atom is -0.396 e. The fourth-order valence-electron chi connectivity index (χ4n) is 4.04. The van der Waals surface area contributed by atoms with Crippen LogP contribution in [0.1, 0.15) is 77.0 Å². The molecule has 1 unspecified atom stereocenters. The van der Waals surface area contributed by atoms with Crippen molar-refractivity contribution in [2.45, 2.75) is 88.7 Å². The number of aliphatic hydroxyl groups excluding tert-OH is 1. The number of rotatable bonds is 6. The maximum absolute atomic E-state index is 12.3. The molecule has 2 rings (SSSR count). The Hall–Kier alpha value is -0.610. The summed E-state index contributed by atoms with van der Waals surface area (Å²) < 4.78 is 0. The molecule has 4 nitrogen and oxygen atoms in total. The van der Waals surface area contributed by atoms with Gasteiger partial charge >= 0.3 is 0 Å². The van der Waals surface area contributed by atoms with Crippen LogP contribution in [0.4, 0.5) is 0 Å². The summed E-state index contributed by atoms with van der Waals surface area (Å²) in [6.07, 6.45) is 11.6. The van der Waals surface area contributed by atoms with Crippen molar-refractivity contribution >= 4 is 5.91 Å². The predicted octanol–water partition coefficient (Wildman–Crippen LogP) is 2.52. The van der Waals surface area contributed by atoms with Crippen molar-refractivity contribution in [1.82, 2.24) is 5.32 Å². The molecule has 0 aromatic heterocycles. The van der Waals surface area contributed by atoms with Gasteiger partial charge in [0.1, 0.15) is 0 Å². The molecule has 0 aromatic rings.